The zero-order valence-electron chi connectivity index (χ0n) is 17.3. The van der Waals surface area contributed by atoms with Gasteiger partial charge in [0.05, 0.1) is 7.11 Å². The second-order valence-corrected chi connectivity index (χ2v) is 7.56. The summed E-state index contributed by atoms with van der Waals surface area (Å²) in [5.41, 5.74) is 1.24. The number of aromatic nitrogens is 4. The van der Waals surface area contributed by atoms with Crippen LogP contribution in [0.25, 0.3) is 5.82 Å². The van der Waals surface area contributed by atoms with Crippen LogP contribution in [0.1, 0.15) is 35.8 Å². The van der Waals surface area contributed by atoms with Crippen molar-refractivity contribution in [2.24, 2.45) is 5.92 Å². The summed E-state index contributed by atoms with van der Waals surface area (Å²) in [7, 11) is 1.61. The van der Waals surface area contributed by atoms with Crippen LogP contribution >= 0.6 is 0 Å². The molecule has 0 bridgehead atoms. The predicted molar refractivity (Wildman–Crippen MR) is 114 cm³/mol. The molecule has 8 heteroatoms. The summed E-state index contributed by atoms with van der Waals surface area (Å²) >= 11 is 0. The molecule has 1 saturated heterocycles. The van der Waals surface area contributed by atoms with Crippen LogP contribution in [0.4, 0.5) is 5.82 Å². The summed E-state index contributed by atoms with van der Waals surface area (Å²) in [4.78, 5) is 27.8. The van der Waals surface area contributed by atoms with Crippen molar-refractivity contribution in [3.8, 4) is 11.6 Å². The van der Waals surface area contributed by atoms with E-state index < -0.39 is 0 Å². The molecule has 0 atom stereocenters. The van der Waals surface area contributed by atoms with Gasteiger partial charge in [0.1, 0.15) is 35.7 Å². The second kappa shape index (κ2) is 8.94. The largest absolute Gasteiger partial charge is 0.496 e. The minimum Gasteiger partial charge on any atom is -0.496 e. The lowest BCUT2D eigenvalue weighted by atomic mass is 9.99. The van der Waals surface area contributed by atoms with Crippen molar-refractivity contribution >= 4 is 11.7 Å². The number of carbonyl (C=O) groups is 1. The Bertz CT molecular complexity index is 1010. The third-order valence-electron chi connectivity index (χ3n) is 5.46. The number of hydrogen-bond donors (Lipinski definition) is 1. The van der Waals surface area contributed by atoms with Gasteiger partial charge >= 0.3 is 0 Å². The number of benzene rings is 1. The van der Waals surface area contributed by atoms with Crippen LogP contribution in [0.3, 0.4) is 0 Å². The molecule has 1 amide bonds. The number of rotatable bonds is 6. The molecule has 1 N–H and O–H groups in total. The number of methoxy groups -OCH3 is 1. The molecule has 1 aromatic carbocycles. The smallest absolute Gasteiger partial charge is 0.271 e. The maximum atomic E-state index is 12.5. The lowest BCUT2D eigenvalue weighted by molar-refractivity contribution is 0.0946. The zero-order chi connectivity index (χ0) is 20.9. The first-order valence-corrected chi connectivity index (χ1v) is 10.2. The molecule has 8 nitrogen and oxygen atoms in total. The Hall–Kier alpha value is -3.42. The van der Waals surface area contributed by atoms with Gasteiger partial charge in [-0.05, 0) is 24.8 Å². The van der Waals surface area contributed by atoms with E-state index in [4.69, 9.17) is 4.74 Å². The summed E-state index contributed by atoms with van der Waals surface area (Å²) in [5.74, 6) is 2.84. The van der Waals surface area contributed by atoms with Gasteiger partial charge in [-0.25, -0.2) is 15.0 Å². The van der Waals surface area contributed by atoms with E-state index in [-0.39, 0.29) is 5.91 Å². The van der Waals surface area contributed by atoms with E-state index in [9.17, 15) is 4.79 Å². The quantitative estimate of drug-likeness (QED) is 0.678. The Labute approximate surface area is 175 Å². The van der Waals surface area contributed by atoms with Crippen molar-refractivity contribution in [1.82, 2.24) is 24.8 Å². The van der Waals surface area contributed by atoms with Crippen molar-refractivity contribution in [2.45, 2.75) is 26.3 Å². The molecule has 0 saturated carbocycles. The van der Waals surface area contributed by atoms with Crippen LogP contribution in [0, 0.1) is 5.92 Å². The van der Waals surface area contributed by atoms with Gasteiger partial charge in [0.2, 0.25) is 0 Å². The molecule has 30 heavy (non-hydrogen) atoms. The van der Waals surface area contributed by atoms with E-state index >= 15 is 0 Å². The molecular weight excluding hydrogens is 380 g/mol. The second-order valence-electron chi connectivity index (χ2n) is 7.56. The Morgan fingerprint density at radius 2 is 1.93 bits per heavy atom. The molecule has 2 aromatic heterocycles. The molecule has 1 fully saturated rings. The molecule has 3 heterocycles. The first-order chi connectivity index (χ1) is 14.6. The molecule has 1 aliphatic heterocycles. The van der Waals surface area contributed by atoms with Crippen molar-refractivity contribution in [2.75, 3.05) is 25.1 Å². The molecular formula is C22H26N6O2. The predicted octanol–water partition coefficient (Wildman–Crippen LogP) is 2.84. The topological polar surface area (TPSA) is 85.2 Å². The maximum Gasteiger partial charge on any atom is 0.271 e. The summed E-state index contributed by atoms with van der Waals surface area (Å²) in [6, 6.07) is 9.53. The van der Waals surface area contributed by atoms with Crippen LogP contribution in [0.15, 0.2) is 49.2 Å². The van der Waals surface area contributed by atoms with Gasteiger partial charge in [-0.2, -0.15) is 0 Å². The summed E-state index contributed by atoms with van der Waals surface area (Å²) < 4.78 is 7.07. The molecule has 0 unspecified atom stereocenters. The lowest BCUT2D eigenvalue weighted by Crippen LogP contribution is -2.33. The highest BCUT2D eigenvalue weighted by Crippen LogP contribution is 2.22. The Balaban J connectivity index is 1.43. The fourth-order valence-electron chi connectivity index (χ4n) is 3.57. The first-order valence-electron chi connectivity index (χ1n) is 10.2. The van der Waals surface area contributed by atoms with Crippen LogP contribution in [-0.4, -0.2) is 45.6 Å². The average Bonchev–Trinajstić information content (AvgIpc) is 3.29. The van der Waals surface area contributed by atoms with E-state index in [1.165, 1.54) is 12.8 Å². The Kier molecular flexibility index (Phi) is 5.92. The number of ether oxygens (including phenoxy) is 1. The number of amides is 1. The number of hydrogen-bond acceptors (Lipinski definition) is 6. The fourth-order valence-corrected chi connectivity index (χ4v) is 3.57. The molecule has 0 spiro atoms. The SMILES string of the molecule is COc1ccccc1CNC(=O)c1cn(-c2cc(N3CCC(C)CC3)ncn2)cn1. The highest BCUT2D eigenvalue weighted by molar-refractivity contribution is 5.92. The molecule has 3 aromatic rings. The van der Waals surface area contributed by atoms with Crippen molar-refractivity contribution < 1.29 is 9.53 Å². The number of nitrogens with zero attached hydrogens (tertiary/aromatic N) is 5. The summed E-state index contributed by atoms with van der Waals surface area (Å²) in [5, 5.41) is 2.89. The van der Waals surface area contributed by atoms with Crippen LogP contribution in [-0.2, 0) is 6.54 Å². The lowest BCUT2D eigenvalue weighted by Gasteiger charge is -2.31. The summed E-state index contributed by atoms with van der Waals surface area (Å²) in [6.07, 6.45) is 7.18. The normalized spacial score (nSPS) is 14.5. The fraction of sp³-hybridized carbons (Fsp3) is 0.364. The molecule has 1 aliphatic rings. The zero-order valence-corrected chi connectivity index (χ0v) is 17.3. The first kappa shape index (κ1) is 19.9. The Morgan fingerprint density at radius 1 is 1.17 bits per heavy atom. The van der Waals surface area contributed by atoms with E-state index in [1.54, 1.807) is 30.5 Å². The highest BCUT2D eigenvalue weighted by atomic mass is 16.5. The number of anilines is 1. The van der Waals surface area contributed by atoms with Crippen LogP contribution in [0.2, 0.25) is 0 Å². The number of imidazole rings is 1. The molecule has 4 rings (SSSR count). The standard InChI is InChI=1S/C22H26N6O2/c1-16-7-9-27(10-8-16)20-11-21(25-14-24-20)28-13-18(26-15-28)22(29)23-12-17-5-3-4-6-19(17)30-2/h3-6,11,13-16H,7-10,12H2,1-2H3,(H,23,29). The third kappa shape index (κ3) is 4.42. The van der Waals surface area contributed by atoms with Gasteiger partial charge in [-0.1, -0.05) is 25.1 Å². The Morgan fingerprint density at radius 3 is 2.73 bits per heavy atom. The van der Waals surface area contributed by atoms with E-state index in [2.05, 4.69) is 32.1 Å². The third-order valence-corrected chi connectivity index (χ3v) is 5.46. The molecule has 0 aliphatic carbocycles. The van der Waals surface area contributed by atoms with Gasteiger partial charge in [-0.15, -0.1) is 0 Å². The van der Waals surface area contributed by atoms with Crippen molar-refractivity contribution in [3.63, 3.8) is 0 Å². The van der Waals surface area contributed by atoms with Gasteiger partial charge in [-0.3, -0.25) is 9.36 Å². The molecule has 156 valence electrons. The minimum atomic E-state index is -0.251. The van der Waals surface area contributed by atoms with Crippen LogP contribution < -0.4 is 15.0 Å². The van der Waals surface area contributed by atoms with Crippen molar-refractivity contribution in [3.05, 3.63) is 60.4 Å². The van der Waals surface area contributed by atoms with Crippen LogP contribution in [0.5, 0.6) is 5.75 Å². The molecule has 0 radical (unpaired) electrons. The van der Waals surface area contributed by atoms with Gasteiger partial charge in [0, 0.05) is 37.5 Å². The number of para-hydroxylation sites is 1. The van der Waals surface area contributed by atoms with E-state index in [0.717, 1.165) is 36.1 Å². The van der Waals surface area contributed by atoms with Gasteiger partial charge in [0.15, 0.2) is 0 Å². The van der Waals surface area contributed by atoms with Gasteiger partial charge in [0.25, 0.3) is 5.91 Å². The monoisotopic (exact) mass is 406 g/mol. The summed E-state index contributed by atoms with van der Waals surface area (Å²) in [6.45, 7) is 4.64. The average molecular weight is 406 g/mol. The van der Waals surface area contributed by atoms with E-state index in [1.807, 2.05) is 30.3 Å². The van der Waals surface area contributed by atoms with E-state index in [0.29, 0.717) is 18.1 Å². The van der Waals surface area contributed by atoms with Gasteiger partial charge < -0.3 is 15.0 Å². The number of carbonyl (C=O) groups excluding carboxylic acids is 1. The number of nitrogens with one attached hydrogen (secondary N) is 1. The number of piperidine rings is 1. The minimum absolute atomic E-state index is 0.251. The van der Waals surface area contributed by atoms with Crippen molar-refractivity contribution in [1.29, 1.82) is 0 Å². The maximum absolute atomic E-state index is 12.5. The highest BCUT2D eigenvalue weighted by Gasteiger charge is 2.18.